The Hall–Kier alpha value is -1.22. The van der Waals surface area contributed by atoms with Gasteiger partial charge in [0.05, 0.1) is 0 Å². The molecule has 74 valence electrons. The molecule has 13 heavy (non-hydrogen) atoms. The molecule has 0 unspecified atom stereocenters. The number of hydrogen-bond acceptors (Lipinski definition) is 0. The van der Waals surface area contributed by atoms with Gasteiger partial charge in [0.25, 0.3) is 0 Å². The first-order valence-electron chi connectivity index (χ1n) is 4.79. The lowest BCUT2D eigenvalue weighted by Gasteiger charge is -1.69. The van der Waals surface area contributed by atoms with Crippen molar-refractivity contribution in [3.8, 4) is 12.3 Å². The second kappa shape index (κ2) is 30.9. The summed E-state index contributed by atoms with van der Waals surface area (Å²) in [5.74, 6) is 2.25. The molecule has 0 atom stereocenters. The van der Waals surface area contributed by atoms with Crippen LogP contribution in [0.4, 0.5) is 0 Å². The number of benzene rings is 1. The average Bonchev–Trinajstić information content (AvgIpc) is 2.27. The quantitative estimate of drug-likeness (QED) is 0.517. The minimum atomic E-state index is 1.65. The molecule has 1 aromatic rings. The van der Waals surface area contributed by atoms with E-state index in [4.69, 9.17) is 0 Å². The number of rotatable bonds is 0. The van der Waals surface area contributed by atoms with Crippen LogP contribution in [-0.2, 0) is 0 Å². The zero-order valence-corrected chi connectivity index (χ0v) is 9.54. The molecule has 0 heterocycles. The lowest BCUT2D eigenvalue weighted by Crippen LogP contribution is -1.47. The summed E-state index contributed by atoms with van der Waals surface area (Å²) < 4.78 is 0. The van der Waals surface area contributed by atoms with Gasteiger partial charge in [0.2, 0.25) is 0 Å². The molecule has 0 heteroatoms. The highest BCUT2D eigenvalue weighted by molar-refractivity contribution is 4.99. The lowest BCUT2D eigenvalue weighted by atomic mass is 10.4. The Morgan fingerprint density at radius 1 is 0.692 bits per heavy atom. The maximum atomic E-state index is 4.60. The van der Waals surface area contributed by atoms with Crippen LogP contribution in [-0.4, -0.2) is 0 Å². The van der Waals surface area contributed by atoms with E-state index in [1.807, 2.05) is 64.1 Å². The van der Waals surface area contributed by atoms with Gasteiger partial charge in [0, 0.05) is 0 Å². The first kappa shape index (κ1) is 17.8. The molecule has 0 aliphatic rings. The van der Waals surface area contributed by atoms with Crippen LogP contribution in [0.3, 0.4) is 0 Å². The van der Waals surface area contributed by atoms with E-state index in [-0.39, 0.29) is 0 Å². The normalized spacial score (nSPS) is 5.23. The van der Waals surface area contributed by atoms with Gasteiger partial charge >= 0.3 is 0 Å². The molecule has 0 spiro atoms. The van der Waals surface area contributed by atoms with E-state index in [0.717, 1.165) is 0 Å². The monoisotopic (exact) mass is 178 g/mol. The summed E-state index contributed by atoms with van der Waals surface area (Å²) in [4.78, 5) is 0. The molecule has 0 aliphatic carbocycles. The first-order chi connectivity index (χ1) is 6.41. The molecule has 0 aromatic heterocycles. The van der Waals surface area contributed by atoms with Crippen molar-refractivity contribution in [3.63, 3.8) is 0 Å². The summed E-state index contributed by atoms with van der Waals surface area (Å²) >= 11 is 0. The highest BCUT2D eigenvalue weighted by atomic mass is 13.6. The first-order valence-corrected chi connectivity index (χ1v) is 4.79. The van der Waals surface area contributed by atoms with E-state index in [9.17, 15) is 0 Å². The SMILES string of the molecule is C#CC.CC.CC.c1ccccc1. The predicted molar refractivity (Wildman–Crippen MR) is 63.6 cm³/mol. The Balaban J connectivity index is -0.000000124. The summed E-state index contributed by atoms with van der Waals surface area (Å²) in [7, 11) is 0. The Labute approximate surface area is 84.0 Å². The van der Waals surface area contributed by atoms with E-state index in [1.165, 1.54) is 0 Å². The fourth-order valence-corrected chi connectivity index (χ4v) is 0.385. The lowest BCUT2D eigenvalue weighted by molar-refractivity contribution is 1.50. The van der Waals surface area contributed by atoms with Crippen LogP contribution in [0, 0.1) is 12.3 Å². The van der Waals surface area contributed by atoms with E-state index in [0.29, 0.717) is 0 Å². The van der Waals surface area contributed by atoms with Gasteiger partial charge in [-0.1, -0.05) is 64.1 Å². The van der Waals surface area contributed by atoms with Gasteiger partial charge in [-0.2, -0.15) is 0 Å². The third kappa shape index (κ3) is 36.4. The van der Waals surface area contributed by atoms with Gasteiger partial charge in [-0.3, -0.25) is 0 Å². The minimum absolute atomic E-state index is 1.65. The standard InChI is InChI=1S/C6H6.C3H4.2C2H6/c1-2-4-6-5-3-1;1-3-2;2*1-2/h1-6H;1H,2H3;2*1-2H3. The Kier molecular flexibility index (Phi) is 42.2. The molecule has 0 amide bonds. The van der Waals surface area contributed by atoms with Gasteiger partial charge in [-0.25, -0.2) is 0 Å². The fourth-order valence-electron chi connectivity index (χ4n) is 0.385. The van der Waals surface area contributed by atoms with E-state index >= 15 is 0 Å². The number of hydrogen-bond donors (Lipinski definition) is 0. The van der Waals surface area contributed by atoms with Crippen molar-refractivity contribution in [3.05, 3.63) is 36.4 Å². The fraction of sp³-hybridized carbons (Fsp3) is 0.385. The van der Waals surface area contributed by atoms with Crippen molar-refractivity contribution in [1.82, 2.24) is 0 Å². The zero-order valence-electron chi connectivity index (χ0n) is 9.54. The topological polar surface area (TPSA) is 0 Å². The van der Waals surface area contributed by atoms with Gasteiger partial charge in [0.15, 0.2) is 0 Å². The van der Waals surface area contributed by atoms with Gasteiger partial charge < -0.3 is 0 Å². The molecule has 0 nitrogen and oxygen atoms in total. The maximum Gasteiger partial charge on any atom is -0.00297 e. The molecule has 0 bridgehead atoms. The van der Waals surface area contributed by atoms with Crippen LogP contribution in [0.2, 0.25) is 0 Å². The van der Waals surface area contributed by atoms with Crippen LogP contribution < -0.4 is 0 Å². The van der Waals surface area contributed by atoms with Gasteiger partial charge in [-0.15, -0.1) is 12.3 Å². The largest absolute Gasteiger partial charge is 0.120 e. The highest BCUT2D eigenvalue weighted by Gasteiger charge is 1.57. The molecule has 0 radical (unpaired) electrons. The van der Waals surface area contributed by atoms with Crippen molar-refractivity contribution in [2.75, 3.05) is 0 Å². The molecule has 0 fully saturated rings. The smallest absolute Gasteiger partial charge is 0.00297 e. The second-order valence-electron chi connectivity index (χ2n) is 1.44. The summed E-state index contributed by atoms with van der Waals surface area (Å²) in [5.41, 5.74) is 0. The second-order valence-corrected chi connectivity index (χ2v) is 1.44. The maximum absolute atomic E-state index is 4.60. The van der Waals surface area contributed by atoms with Crippen LogP contribution >= 0.6 is 0 Å². The summed E-state index contributed by atoms with van der Waals surface area (Å²) in [6, 6.07) is 12.0. The van der Waals surface area contributed by atoms with Crippen LogP contribution in [0.15, 0.2) is 36.4 Å². The van der Waals surface area contributed by atoms with Crippen molar-refractivity contribution >= 4 is 0 Å². The molecule has 0 saturated heterocycles. The van der Waals surface area contributed by atoms with Crippen molar-refractivity contribution in [1.29, 1.82) is 0 Å². The van der Waals surface area contributed by atoms with Crippen molar-refractivity contribution in [2.24, 2.45) is 0 Å². The molecule has 0 saturated carbocycles. The molecular weight excluding hydrogens is 156 g/mol. The predicted octanol–water partition coefficient (Wildman–Crippen LogP) is 4.38. The molecule has 0 aliphatic heterocycles. The average molecular weight is 178 g/mol. The van der Waals surface area contributed by atoms with Crippen LogP contribution in [0.5, 0.6) is 0 Å². The van der Waals surface area contributed by atoms with Crippen molar-refractivity contribution < 1.29 is 0 Å². The highest BCUT2D eigenvalue weighted by Crippen LogP contribution is 1.79. The summed E-state index contributed by atoms with van der Waals surface area (Å²) in [5, 5.41) is 0. The summed E-state index contributed by atoms with van der Waals surface area (Å²) in [6.45, 7) is 9.65. The van der Waals surface area contributed by atoms with E-state index in [2.05, 4.69) is 12.3 Å². The van der Waals surface area contributed by atoms with Gasteiger partial charge in [-0.05, 0) is 6.92 Å². The molecule has 1 aromatic carbocycles. The van der Waals surface area contributed by atoms with Crippen LogP contribution in [0.25, 0.3) is 0 Å². The summed E-state index contributed by atoms with van der Waals surface area (Å²) in [6.07, 6.45) is 4.60. The molecule has 1 rings (SSSR count). The van der Waals surface area contributed by atoms with E-state index in [1.54, 1.807) is 6.92 Å². The minimum Gasteiger partial charge on any atom is -0.120 e. The van der Waals surface area contributed by atoms with Gasteiger partial charge in [0.1, 0.15) is 0 Å². The Morgan fingerprint density at radius 2 is 0.769 bits per heavy atom. The van der Waals surface area contributed by atoms with E-state index < -0.39 is 0 Å². The molecule has 0 N–H and O–H groups in total. The third-order valence-corrected chi connectivity index (χ3v) is 0.667. The van der Waals surface area contributed by atoms with Crippen molar-refractivity contribution in [2.45, 2.75) is 34.6 Å². The Morgan fingerprint density at radius 3 is 0.846 bits per heavy atom. The van der Waals surface area contributed by atoms with Crippen LogP contribution in [0.1, 0.15) is 34.6 Å². The number of terminal acetylenes is 1. The molecular formula is C13H22. The zero-order chi connectivity index (χ0) is 10.9. The third-order valence-electron chi connectivity index (χ3n) is 0.667. The Bertz CT molecular complexity index is 130.